The third-order valence-electron chi connectivity index (χ3n) is 3.00. The number of hydrogen-bond acceptors (Lipinski definition) is 3. The molecule has 4 heteroatoms. The molecule has 0 aliphatic heterocycles. The summed E-state index contributed by atoms with van der Waals surface area (Å²) in [7, 11) is 0. The Morgan fingerprint density at radius 2 is 2.05 bits per heavy atom. The summed E-state index contributed by atoms with van der Waals surface area (Å²) in [5.41, 5.74) is 7.57. The Labute approximate surface area is 121 Å². The molecule has 3 N–H and O–H groups in total. The Hall–Kier alpha value is -1.55. The first-order valence-corrected chi connectivity index (χ1v) is 6.96. The van der Waals surface area contributed by atoms with Crippen LogP contribution in [0.2, 0.25) is 0 Å². The van der Waals surface area contributed by atoms with Crippen LogP contribution in [0.15, 0.2) is 18.2 Å². The van der Waals surface area contributed by atoms with Crippen molar-refractivity contribution in [1.29, 1.82) is 0 Å². The lowest BCUT2D eigenvalue weighted by atomic mass is 10.1. The lowest BCUT2D eigenvalue weighted by Crippen LogP contribution is -2.35. The molecule has 0 saturated carbocycles. The molecule has 1 rings (SSSR count). The molecule has 1 amide bonds. The average Bonchev–Trinajstić information content (AvgIpc) is 2.33. The maximum absolute atomic E-state index is 11.0. The van der Waals surface area contributed by atoms with E-state index < -0.39 is 0 Å². The molecule has 1 atom stereocenters. The number of carbonyl (C=O) groups is 1. The van der Waals surface area contributed by atoms with Gasteiger partial charge in [-0.25, -0.2) is 0 Å². The molecule has 0 saturated heterocycles. The summed E-state index contributed by atoms with van der Waals surface area (Å²) in [4.78, 5) is 11.0. The van der Waals surface area contributed by atoms with Gasteiger partial charge in [0.15, 0.2) is 0 Å². The van der Waals surface area contributed by atoms with Crippen molar-refractivity contribution in [1.82, 2.24) is 5.32 Å². The van der Waals surface area contributed by atoms with Crippen LogP contribution in [0, 0.1) is 12.8 Å². The fourth-order valence-electron chi connectivity index (χ4n) is 1.64. The van der Waals surface area contributed by atoms with Crippen LogP contribution in [0.4, 0.5) is 0 Å². The fraction of sp³-hybridized carbons (Fsp3) is 0.562. The average molecular weight is 278 g/mol. The van der Waals surface area contributed by atoms with E-state index in [1.165, 1.54) is 5.56 Å². The highest BCUT2D eigenvalue weighted by atomic mass is 16.5. The summed E-state index contributed by atoms with van der Waals surface area (Å²) in [5, 5.41) is 3.44. The number of nitrogens with one attached hydrogen (secondary N) is 1. The van der Waals surface area contributed by atoms with Crippen molar-refractivity contribution in [3.63, 3.8) is 0 Å². The number of aryl methyl sites for hydroxylation is 1. The molecule has 0 bridgehead atoms. The van der Waals surface area contributed by atoms with Crippen molar-refractivity contribution in [3.05, 3.63) is 29.3 Å². The highest BCUT2D eigenvalue weighted by molar-refractivity contribution is 5.76. The van der Waals surface area contributed by atoms with Crippen molar-refractivity contribution < 1.29 is 9.53 Å². The van der Waals surface area contributed by atoms with Crippen molar-refractivity contribution in [3.8, 4) is 5.75 Å². The first-order chi connectivity index (χ1) is 9.19. The molecular formula is C16H26N2O2. The number of carbonyl (C=O) groups excluding carboxylic acids is 1. The van der Waals surface area contributed by atoms with Gasteiger partial charge in [0.1, 0.15) is 5.75 Å². The Kier molecular flexibility index (Phi) is 5.57. The molecule has 0 aliphatic rings. The van der Waals surface area contributed by atoms with Crippen molar-refractivity contribution in [2.24, 2.45) is 11.7 Å². The Morgan fingerprint density at radius 3 is 2.60 bits per heavy atom. The molecule has 0 fully saturated rings. The van der Waals surface area contributed by atoms with Crippen molar-refractivity contribution in [2.45, 2.75) is 46.7 Å². The first kappa shape index (κ1) is 16.5. The Balaban J connectivity index is 2.77. The van der Waals surface area contributed by atoms with Gasteiger partial charge in [0, 0.05) is 17.6 Å². The van der Waals surface area contributed by atoms with Gasteiger partial charge in [-0.3, -0.25) is 4.79 Å². The molecule has 4 nitrogen and oxygen atoms in total. The van der Waals surface area contributed by atoms with Gasteiger partial charge in [-0.1, -0.05) is 24.6 Å². The van der Waals surface area contributed by atoms with Crippen LogP contribution in [-0.4, -0.2) is 18.1 Å². The van der Waals surface area contributed by atoms with E-state index >= 15 is 0 Å². The molecule has 1 aromatic rings. The standard InChI is InChI=1S/C16H26N2O2/c1-11-6-7-14(20-10-12(2)15(17)19)13(8-11)9-18-16(3,4)5/h6-8,12,18H,9-10H2,1-5H3,(H2,17,19). The van der Waals surface area contributed by atoms with Crippen LogP contribution >= 0.6 is 0 Å². The second-order valence-electron chi connectivity index (χ2n) is 6.33. The Morgan fingerprint density at radius 1 is 1.40 bits per heavy atom. The molecule has 0 aliphatic carbocycles. The third-order valence-corrected chi connectivity index (χ3v) is 3.00. The maximum atomic E-state index is 11.0. The zero-order valence-corrected chi connectivity index (χ0v) is 13.1. The summed E-state index contributed by atoms with van der Waals surface area (Å²) >= 11 is 0. The van der Waals surface area contributed by atoms with Gasteiger partial charge in [0.05, 0.1) is 12.5 Å². The number of nitrogens with two attached hydrogens (primary N) is 1. The van der Waals surface area contributed by atoms with E-state index in [0.29, 0.717) is 6.61 Å². The second kappa shape index (κ2) is 6.75. The van der Waals surface area contributed by atoms with E-state index in [1.807, 2.05) is 12.1 Å². The number of hydrogen-bond donors (Lipinski definition) is 2. The highest BCUT2D eigenvalue weighted by Gasteiger charge is 2.13. The second-order valence-corrected chi connectivity index (χ2v) is 6.33. The predicted octanol–water partition coefficient (Wildman–Crippen LogP) is 2.38. The third kappa shape index (κ3) is 5.61. The number of benzene rings is 1. The molecule has 1 unspecified atom stereocenters. The van der Waals surface area contributed by atoms with E-state index in [2.05, 4.69) is 39.1 Å². The molecule has 0 radical (unpaired) electrons. The summed E-state index contributed by atoms with van der Waals surface area (Å²) in [5.74, 6) is 0.173. The van der Waals surface area contributed by atoms with Crippen LogP contribution in [0.25, 0.3) is 0 Å². The van der Waals surface area contributed by atoms with Gasteiger partial charge >= 0.3 is 0 Å². The first-order valence-electron chi connectivity index (χ1n) is 6.96. The topological polar surface area (TPSA) is 64.3 Å². The molecule has 0 aromatic heterocycles. The summed E-state index contributed by atoms with van der Waals surface area (Å²) in [6, 6.07) is 6.05. The molecule has 112 valence electrons. The zero-order valence-electron chi connectivity index (χ0n) is 13.1. The summed E-state index contributed by atoms with van der Waals surface area (Å²) in [6.45, 7) is 11.2. The largest absolute Gasteiger partial charge is 0.492 e. The quantitative estimate of drug-likeness (QED) is 0.839. The maximum Gasteiger partial charge on any atom is 0.223 e. The molecule has 1 aromatic carbocycles. The molecule has 20 heavy (non-hydrogen) atoms. The molecule has 0 heterocycles. The van der Waals surface area contributed by atoms with E-state index in [0.717, 1.165) is 17.9 Å². The van der Waals surface area contributed by atoms with Gasteiger partial charge < -0.3 is 15.8 Å². The number of ether oxygens (including phenoxy) is 1. The fourth-order valence-corrected chi connectivity index (χ4v) is 1.64. The van der Waals surface area contributed by atoms with Crippen LogP contribution in [0.3, 0.4) is 0 Å². The van der Waals surface area contributed by atoms with Gasteiger partial charge in [-0.15, -0.1) is 0 Å². The number of amides is 1. The summed E-state index contributed by atoms with van der Waals surface area (Å²) < 4.78 is 5.74. The van der Waals surface area contributed by atoms with Gasteiger partial charge in [0.2, 0.25) is 5.91 Å². The number of rotatable bonds is 6. The van der Waals surface area contributed by atoms with Crippen LogP contribution < -0.4 is 15.8 Å². The van der Waals surface area contributed by atoms with Crippen molar-refractivity contribution >= 4 is 5.91 Å². The van der Waals surface area contributed by atoms with Crippen LogP contribution in [0.5, 0.6) is 5.75 Å². The molecule has 0 spiro atoms. The summed E-state index contributed by atoms with van der Waals surface area (Å²) in [6.07, 6.45) is 0. The monoisotopic (exact) mass is 278 g/mol. The molecular weight excluding hydrogens is 252 g/mol. The normalized spacial score (nSPS) is 13.1. The van der Waals surface area contributed by atoms with E-state index in [-0.39, 0.29) is 17.4 Å². The van der Waals surface area contributed by atoms with E-state index in [9.17, 15) is 4.79 Å². The SMILES string of the molecule is Cc1ccc(OCC(C)C(N)=O)c(CNC(C)(C)C)c1. The lowest BCUT2D eigenvalue weighted by molar-refractivity contribution is -0.122. The van der Waals surface area contributed by atoms with Gasteiger partial charge in [0.25, 0.3) is 0 Å². The van der Waals surface area contributed by atoms with Gasteiger partial charge in [-0.05, 0) is 33.8 Å². The van der Waals surface area contributed by atoms with Crippen LogP contribution in [-0.2, 0) is 11.3 Å². The predicted molar refractivity (Wildman–Crippen MR) is 81.6 cm³/mol. The number of primary amides is 1. The lowest BCUT2D eigenvalue weighted by Gasteiger charge is -2.22. The highest BCUT2D eigenvalue weighted by Crippen LogP contribution is 2.21. The smallest absolute Gasteiger partial charge is 0.223 e. The zero-order chi connectivity index (χ0) is 15.3. The van der Waals surface area contributed by atoms with Gasteiger partial charge in [-0.2, -0.15) is 0 Å². The van der Waals surface area contributed by atoms with E-state index in [4.69, 9.17) is 10.5 Å². The van der Waals surface area contributed by atoms with E-state index in [1.54, 1.807) is 6.92 Å². The minimum absolute atomic E-state index is 0.0432. The van der Waals surface area contributed by atoms with Crippen molar-refractivity contribution in [2.75, 3.05) is 6.61 Å². The van der Waals surface area contributed by atoms with Crippen LogP contribution in [0.1, 0.15) is 38.8 Å². The minimum atomic E-state index is -0.341. The minimum Gasteiger partial charge on any atom is -0.492 e. The Bertz CT molecular complexity index is 464.